The average molecular weight is 332 g/mol. The van der Waals surface area contributed by atoms with E-state index in [9.17, 15) is 4.79 Å². The molecule has 0 aromatic heterocycles. The van der Waals surface area contributed by atoms with Gasteiger partial charge in [-0.05, 0) is 37.0 Å². The Morgan fingerprint density at radius 3 is 2.47 bits per heavy atom. The van der Waals surface area contributed by atoms with Gasteiger partial charge in [-0.3, -0.25) is 4.79 Å². The van der Waals surface area contributed by atoms with Gasteiger partial charge in [0.05, 0.1) is 0 Å². The van der Waals surface area contributed by atoms with Crippen LogP contribution in [0.2, 0.25) is 0 Å². The van der Waals surface area contributed by atoms with E-state index in [1.54, 1.807) is 0 Å². The summed E-state index contributed by atoms with van der Waals surface area (Å²) >= 11 is 6.92. The summed E-state index contributed by atoms with van der Waals surface area (Å²) in [7, 11) is 0. The Morgan fingerprint density at radius 2 is 1.93 bits per heavy atom. The summed E-state index contributed by atoms with van der Waals surface area (Å²) in [5.74, 6) is 1.08. The first kappa shape index (κ1) is 11.3. The van der Waals surface area contributed by atoms with E-state index >= 15 is 0 Å². The first-order valence-corrected chi connectivity index (χ1v) is 6.59. The van der Waals surface area contributed by atoms with E-state index < -0.39 is 0 Å². The fourth-order valence-corrected chi connectivity index (χ4v) is 2.72. The molecule has 3 heteroatoms. The van der Waals surface area contributed by atoms with Crippen molar-refractivity contribution < 1.29 is 4.79 Å². The highest BCUT2D eigenvalue weighted by Crippen LogP contribution is 2.41. The molecule has 15 heavy (non-hydrogen) atoms. The second kappa shape index (κ2) is 4.02. The van der Waals surface area contributed by atoms with E-state index in [1.165, 1.54) is 0 Å². The van der Waals surface area contributed by atoms with Gasteiger partial charge >= 0.3 is 0 Å². The SMILES string of the molecule is Cc1cc(Br)c(C(=O)C2CC2C)cc1Br. The lowest BCUT2D eigenvalue weighted by Crippen LogP contribution is -2.04. The molecule has 0 bridgehead atoms. The monoisotopic (exact) mass is 330 g/mol. The lowest BCUT2D eigenvalue weighted by Gasteiger charge is -2.06. The normalized spacial score (nSPS) is 24.0. The molecule has 0 N–H and O–H groups in total. The van der Waals surface area contributed by atoms with Gasteiger partial charge in [-0.15, -0.1) is 0 Å². The number of benzene rings is 1. The molecule has 0 amide bonds. The van der Waals surface area contributed by atoms with Gasteiger partial charge in [0.2, 0.25) is 0 Å². The quantitative estimate of drug-likeness (QED) is 0.736. The molecule has 1 nitrogen and oxygen atoms in total. The zero-order valence-corrected chi connectivity index (χ0v) is 11.9. The molecule has 2 unspecified atom stereocenters. The molecule has 0 radical (unpaired) electrons. The van der Waals surface area contributed by atoms with Crippen molar-refractivity contribution in [1.82, 2.24) is 0 Å². The molecule has 2 rings (SSSR count). The van der Waals surface area contributed by atoms with Crippen molar-refractivity contribution in [3.05, 3.63) is 32.2 Å². The van der Waals surface area contributed by atoms with Crippen LogP contribution in [-0.4, -0.2) is 5.78 Å². The summed E-state index contributed by atoms with van der Waals surface area (Å²) < 4.78 is 1.91. The molecule has 0 spiro atoms. The molecule has 80 valence electrons. The number of hydrogen-bond acceptors (Lipinski definition) is 1. The van der Waals surface area contributed by atoms with Crippen molar-refractivity contribution in [3.8, 4) is 0 Å². The zero-order valence-electron chi connectivity index (χ0n) is 8.68. The lowest BCUT2D eigenvalue weighted by atomic mass is 10.0. The number of carbonyl (C=O) groups is 1. The lowest BCUT2D eigenvalue weighted by molar-refractivity contribution is 0.0961. The number of hydrogen-bond donors (Lipinski definition) is 0. The number of aryl methyl sites for hydroxylation is 1. The van der Waals surface area contributed by atoms with Crippen LogP contribution < -0.4 is 0 Å². The molecular formula is C12H12Br2O. The minimum Gasteiger partial charge on any atom is -0.294 e. The van der Waals surface area contributed by atoms with E-state index in [0.29, 0.717) is 5.92 Å². The van der Waals surface area contributed by atoms with Gasteiger partial charge in [0, 0.05) is 20.4 Å². The van der Waals surface area contributed by atoms with Gasteiger partial charge in [-0.2, -0.15) is 0 Å². The molecular weight excluding hydrogens is 320 g/mol. The number of ketones is 1. The van der Waals surface area contributed by atoms with Crippen molar-refractivity contribution in [2.75, 3.05) is 0 Å². The molecule has 1 aliphatic rings. The van der Waals surface area contributed by atoms with Crippen LogP contribution in [0.4, 0.5) is 0 Å². The molecule has 1 aromatic carbocycles. The smallest absolute Gasteiger partial charge is 0.167 e. The van der Waals surface area contributed by atoms with Gasteiger partial charge in [-0.1, -0.05) is 38.8 Å². The van der Waals surface area contributed by atoms with Crippen LogP contribution in [0.3, 0.4) is 0 Å². The second-order valence-electron chi connectivity index (χ2n) is 4.26. The van der Waals surface area contributed by atoms with Crippen LogP contribution in [0.25, 0.3) is 0 Å². The van der Waals surface area contributed by atoms with E-state index in [4.69, 9.17) is 0 Å². The Labute approximate surface area is 107 Å². The highest BCUT2D eigenvalue weighted by molar-refractivity contribution is 9.11. The summed E-state index contributed by atoms with van der Waals surface area (Å²) in [6.07, 6.45) is 1.04. The van der Waals surface area contributed by atoms with Crippen LogP contribution >= 0.6 is 31.9 Å². The molecule has 1 aromatic rings. The van der Waals surface area contributed by atoms with E-state index in [0.717, 1.165) is 26.5 Å². The fraction of sp³-hybridized carbons (Fsp3) is 0.417. The van der Waals surface area contributed by atoms with Crippen LogP contribution in [0.15, 0.2) is 21.1 Å². The Kier molecular flexibility index (Phi) is 3.04. The summed E-state index contributed by atoms with van der Waals surface area (Å²) in [5, 5.41) is 0. The number of halogens is 2. The third kappa shape index (κ3) is 2.18. The van der Waals surface area contributed by atoms with Crippen molar-refractivity contribution >= 4 is 37.6 Å². The van der Waals surface area contributed by atoms with Crippen LogP contribution in [0, 0.1) is 18.8 Å². The number of carbonyl (C=O) groups excluding carboxylic acids is 1. The zero-order chi connectivity index (χ0) is 11.2. The first-order valence-electron chi connectivity index (χ1n) is 5.00. The average Bonchev–Trinajstić information content (AvgIpc) is 2.88. The molecule has 1 fully saturated rings. The maximum absolute atomic E-state index is 12.1. The van der Waals surface area contributed by atoms with Gasteiger partial charge in [0.1, 0.15) is 0 Å². The van der Waals surface area contributed by atoms with Gasteiger partial charge in [-0.25, -0.2) is 0 Å². The highest BCUT2D eigenvalue weighted by Gasteiger charge is 2.40. The largest absolute Gasteiger partial charge is 0.294 e. The fourth-order valence-electron chi connectivity index (χ4n) is 1.72. The summed E-state index contributed by atoms with van der Waals surface area (Å²) in [4.78, 5) is 12.1. The van der Waals surface area contributed by atoms with Crippen LogP contribution in [0.1, 0.15) is 29.3 Å². The van der Waals surface area contributed by atoms with Crippen molar-refractivity contribution in [3.63, 3.8) is 0 Å². The molecule has 2 atom stereocenters. The molecule has 0 saturated heterocycles. The molecule has 1 aliphatic carbocycles. The van der Waals surface area contributed by atoms with Gasteiger partial charge < -0.3 is 0 Å². The minimum absolute atomic E-state index is 0.246. The van der Waals surface area contributed by atoms with Gasteiger partial charge in [0.15, 0.2) is 5.78 Å². The summed E-state index contributed by atoms with van der Waals surface area (Å²) in [6.45, 7) is 4.14. The second-order valence-corrected chi connectivity index (χ2v) is 5.97. The third-order valence-electron chi connectivity index (χ3n) is 2.96. The standard InChI is InChI=1S/C12H12Br2O/c1-6-3-8(6)12(15)9-5-10(13)7(2)4-11(9)14/h4-6,8H,3H2,1-2H3. The molecule has 0 heterocycles. The topological polar surface area (TPSA) is 17.1 Å². The van der Waals surface area contributed by atoms with Crippen molar-refractivity contribution in [2.45, 2.75) is 20.3 Å². The van der Waals surface area contributed by atoms with E-state index in [2.05, 4.69) is 38.8 Å². The van der Waals surface area contributed by atoms with Gasteiger partial charge in [0.25, 0.3) is 0 Å². The third-order valence-corrected chi connectivity index (χ3v) is 4.47. The minimum atomic E-state index is 0.246. The molecule has 0 aliphatic heterocycles. The molecule has 1 saturated carbocycles. The summed E-state index contributed by atoms with van der Waals surface area (Å²) in [5.41, 5.74) is 1.95. The Balaban J connectivity index is 2.36. The Bertz CT molecular complexity index is 426. The highest BCUT2D eigenvalue weighted by atomic mass is 79.9. The number of rotatable bonds is 2. The Hall–Kier alpha value is -0.150. The van der Waals surface area contributed by atoms with E-state index in [1.807, 2.05) is 19.1 Å². The van der Waals surface area contributed by atoms with Crippen LogP contribution in [0.5, 0.6) is 0 Å². The predicted molar refractivity (Wildman–Crippen MR) is 68.2 cm³/mol. The first-order chi connectivity index (χ1) is 7.00. The summed E-state index contributed by atoms with van der Waals surface area (Å²) in [6, 6.07) is 3.91. The maximum atomic E-state index is 12.1. The Morgan fingerprint density at radius 1 is 1.33 bits per heavy atom. The van der Waals surface area contributed by atoms with Crippen LogP contribution in [-0.2, 0) is 0 Å². The van der Waals surface area contributed by atoms with Crippen molar-refractivity contribution in [1.29, 1.82) is 0 Å². The van der Waals surface area contributed by atoms with E-state index in [-0.39, 0.29) is 11.7 Å². The number of Topliss-reactive ketones (excluding diaryl/α,β-unsaturated/α-hetero) is 1. The predicted octanol–water partition coefficient (Wildman–Crippen LogP) is 4.36. The maximum Gasteiger partial charge on any atom is 0.167 e. The van der Waals surface area contributed by atoms with Crippen molar-refractivity contribution in [2.24, 2.45) is 11.8 Å².